The van der Waals surface area contributed by atoms with Gasteiger partial charge in [0.1, 0.15) is 17.8 Å². The number of nitrogens with zero attached hydrogens (tertiary/aromatic N) is 4. The van der Waals surface area contributed by atoms with E-state index in [4.69, 9.17) is 10.5 Å². The lowest BCUT2D eigenvalue weighted by molar-refractivity contribution is -0.143. The van der Waals surface area contributed by atoms with Gasteiger partial charge >= 0.3 is 0 Å². The summed E-state index contributed by atoms with van der Waals surface area (Å²) >= 11 is 3.10. The highest BCUT2D eigenvalue weighted by Gasteiger charge is 2.53. The Balaban J connectivity index is 0.957. The van der Waals surface area contributed by atoms with Crippen LogP contribution in [0, 0.1) is 6.92 Å². The molecule has 1 aromatic heterocycles. The molecule has 4 N–H and O–H groups in total. The first-order valence-electron chi connectivity index (χ1n) is 20.5. The molecule has 0 unspecified atom stereocenters. The lowest BCUT2D eigenvalue weighted by Crippen LogP contribution is -2.60. The summed E-state index contributed by atoms with van der Waals surface area (Å²) in [6.45, 7) is 9.79. The number of thiazole rings is 1. The van der Waals surface area contributed by atoms with Gasteiger partial charge in [0.15, 0.2) is 5.67 Å². The van der Waals surface area contributed by atoms with E-state index in [-0.39, 0.29) is 30.6 Å². The summed E-state index contributed by atoms with van der Waals surface area (Å²) in [6, 6.07) is 19.6. The van der Waals surface area contributed by atoms with Crippen LogP contribution in [0.15, 0.2) is 72.2 Å². The standard InChI is InChI=1S/C45H54FN7O5S2/c1-29-38(59-28-49-29)33-12-10-30(11-13-33)25-48-40(54)36-9-6-18-53(36)42(56)39(50-43(57)45(46)16-17-45)44(2,3)60-27-32-8-5-7-31(23-32)26-51-19-21-52(22-20-51)41(55)34-14-15-35(47)37(24-34)58-4/h5,7-8,10-15,23-24,28,36,39H,6,9,16-22,25-27,47H2,1-4H3,(H,48,54)(H,50,57)/t36-,39+/m0/s1. The molecule has 1 aliphatic carbocycles. The highest BCUT2D eigenvalue weighted by Crippen LogP contribution is 2.41. The summed E-state index contributed by atoms with van der Waals surface area (Å²) in [6.07, 6.45) is 1.40. The molecule has 1 saturated carbocycles. The van der Waals surface area contributed by atoms with Crippen molar-refractivity contribution >= 4 is 52.4 Å². The molecule has 0 radical (unpaired) electrons. The Bertz CT molecular complexity index is 2200. The minimum Gasteiger partial charge on any atom is -0.495 e. The van der Waals surface area contributed by atoms with Crippen LogP contribution in [-0.2, 0) is 33.2 Å². The number of benzene rings is 3. The fraction of sp³-hybridized carbons (Fsp3) is 0.444. The molecule has 2 atom stereocenters. The Labute approximate surface area is 359 Å². The van der Waals surface area contributed by atoms with Crippen molar-refractivity contribution in [1.29, 1.82) is 0 Å². The number of aryl methyl sites for hydroxylation is 1. The number of carbonyl (C=O) groups excluding carboxylic acids is 4. The lowest BCUT2D eigenvalue weighted by Gasteiger charge is -2.37. The number of thioether (sulfide) groups is 1. The number of likely N-dealkylation sites (tertiary alicyclic amines) is 1. The Morgan fingerprint density at radius 1 is 1.00 bits per heavy atom. The number of piperazine rings is 1. The van der Waals surface area contributed by atoms with Crippen molar-refractivity contribution in [3.8, 4) is 16.2 Å². The maximum absolute atomic E-state index is 15.1. The molecule has 2 saturated heterocycles. The van der Waals surface area contributed by atoms with Crippen LogP contribution in [0.2, 0.25) is 0 Å². The first-order valence-corrected chi connectivity index (χ1v) is 22.4. The van der Waals surface area contributed by atoms with Crippen LogP contribution in [0.25, 0.3) is 10.4 Å². The molecule has 4 aromatic rings. The number of nitrogens with one attached hydrogen (secondary N) is 2. The van der Waals surface area contributed by atoms with Gasteiger partial charge in [-0.3, -0.25) is 24.1 Å². The average molecular weight is 856 g/mol. The predicted octanol–water partition coefficient (Wildman–Crippen LogP) is 5.97. The predicted molar refractivity (Wildman–Crippen MR) is 234 cm³/mol. The van der Waals surface area contributed by atoms with E-state index in [0.717, 1.165) is 45.9 Å². The van der Waals surface area contributed by atoms with Crippen molar-refractivity contribution in [3.63, 3.8) is 0 Å². The van der Waals surface area contributed by atoms with Crippen molar-refractivity contribution in [3.05, 3.63) is 100 Å². The largest absolute Gasteiger partial charge is 0.495 e. The summed E-state index contributed by atoms with van der Waals surface area (Å²) in [4.78, 5) is 65.7. The molecule has 7 rings (SSSR count). The Kier molecular flexibility index (Phi) is 13.2. The molecule has 0 spiro atoms. The van der Waals surface area contributed by atoms with Gasteiger partial charge in [-0.15, -0.1) is 23.1 Å². The first kappa shape index (κ1) is 43.1. The Morgan fingerprint density at radius 3 is 2.42 bits per heavy atom. The van der Waals surface area contributed by atoms with E-state index in [0.29, 0.717) is 68.3 Å². The van der Waals surface area contributed by atoms with Crippen LogP contribution in [0.3, 0.4) is 0 Å². The molecular formula is C45H54FN7O5S2. The van der Waals surface area contributed by atoms with Crippen molar-refractivity contribution < 1.29 is 28.3 Å². The molecule has 12 nitrogen and oxygen atoms in total. The van der Waals surface area contributed by atoms with Crippen LogP contribution in [0.5, 0.6) is 5.75 Å². The monoisotopic (exact) mass is 855 g/mol. The molecule has 3 aromatic carbocycles. The molecule has 3 aliphatic rings. The number of hydrogen-bond donors (Lipinski definition) is 3. The molecule has 318 valence electrons. The number of amides is 4. The van der Waals surface area contributed by atoms with Gasteiger partial charge in [-0.2, -0.15) is 0 Å². The second-order valence-corrected chi connectivity index (χ2v) is 19.0. The zero-order chi connectivity index (χ0) is 42.6. The van der Waals surface area contributed by atoms with E-state index in [2.05, 4.69) is 32.7 Å². The number of anilines is 1. The SMILES string of the molecule is COc1cc(C(=O)N2CCN(Cc3cccc(CSC(C)(C)[C@H](NC(=O)C4(F)CC4)C(=O)N4CCC[C@H]4C(=O)NCc4ccc(-c5scnc5C)cc4)c3)CC2)ccc1N. The van der Waals surface area contributed by atoms with Gasteiger partial charge in [-0.25, -0.2) is 9.37 Å². The number of hydrogen-bond acceptors (Lipinski definition) is 10. The van der Waals surface area contributed by atoms with Gasteiger partial charge < -0.3 is 30.9 Å². The van der Waals surface area contributed by atoms with Crippen LogP contribution in [-0.4, -0.2) is 106 Å². The second kappa shape index (κ2) is 18.3. The molecule has 0 bridgehead atoms. The minimum absolute atomic E-state index is 0.0508. The van der Waals surface area contributed by atoms with Crippen molar-refractivity contribution in [1.82, 2.24) is 30.3 Å². The Hall–Kier alpha value is -4.99. The third-order valence-corrected chi connectivity index (χ3v) is 14.2. The highest BCUT2D eigenvalue weighted by atomic mass is 32.2. The van der Waals surface area contributed by atoms with Crippen LogP contribution >= 0.6 is 23.1 Å². The molecule has 4 amide bonds. The number of halogens is 1. The summed E-state index contributed by atoms with van der Waals surface area (Å²) in [7, 11) is 1.53. The summed E-state index contributed by atoms with van der Waals surface area (Å²) in [5, 5.41) is 5.82. The van der Waals surface area contributed by atoms with E-state index >= 15 is 4.39 Å². The minimum atomic E-state index is -1.97. The summed E-state index contributed by atoms with van der Waals surface area (Å²) in [5.41, 5.74) is 12.0. The number of nitrogens with two attached hydrogens (primary N) is 1. The number of methoxy groups -OCH3 is 1. The van der Waals surface area contributed by atoms with Crippen LogP contribution < -0.4 is 21.1 Å². The molecular weight excluding hydrogens is 802 g/mol. The molecule has 60 heavy (non-hydrogen) atoms. The molecule has 3 fully saturated rings. The number of rotatable bonds is 15. The van der Waals surface area contributed by atoms with E-state index in [1.807, 2.05) is 67.6 Å². The van der Waals surface area contributed by atoms with E-state index < -0.39 is 28.4 Å². The van der Waals surface area contributed by atoms with Gasteiger partial charge in [0, 0.05) is 61.9 Å². The molecule has 2 aliphatic heterocycles. The van der Waals surface area contributed by atoms with Gasteiger partial charge in [-0.1, -0.05) is 48.5 Å². The third-order valence-electron chi connectivity index (χ3n) is 11.7. The molecule has 15 heteroatoms. The number of nitrogen functional groups attached to an aromatic ring is 1. The van der Waals surface area contributed by atoms with Gasteiger partial charge in [-0.05, 0) is 86.9 Å². The number of alkyl halides is 1. The number of carbonyl (C=O) groups is 4. The zero-order valence-corrected chi connectivity index (χ0v) is 36.3. The van der Waals surface area contributed by atoms with E-state index in [1.165, 1.54) is 18.9 Å². The quantitative estimate of drug-likeness (QED) is 0.123. The Morgan fingerprint density at radius 2 is 1.73 bits per heavy atom. The van der Waals surface area contributed by atoms with Crippen molar-refractivity contribution in [2.75, 3.05) is 45.6 Å². The normalized spacial score (nSPS) is 18.2. The van der Waals surface area contributed by atoms with E-state index in [9.17, 15) is 19.2 Å². The fourth-order valence-corrected chi connectivity index (χ4v) is 9.68. The van der Waals surface area contributed by atoms with Crippen molar-refractivity contribution in [2.24, 2.45) is 0 Å². The maximum Gasteiger partial charge on any atom is 0.258 e. The summed E-state index contributed by atoms with van der Waals surface area (Å²) in [5.74, 6) is -0.436. The van der Waals surface area contributed by atoms with Gasteiger partial charge in [0.2, 0.25) is 11.8 Å². The van der Waals surface area contributed by atoms with Gasteiger partial charge in [0.05, 0.1) is 28.9 Å². The topological polar surface area (TPSA) is 150 Å². The van der Waals surface area contributed by atoms with E-state index in [1.54, 1.807) is 34.4 Å². The zero-order valence-electron chi connectivity index (χ0n) is 34.7. The van der Waals surface area contributed by atoms with Crippen molar-refractivity contribution in [2.45, 2.75) is 87.8 Å². The lowest BCUT2D eigenvalue weighted by atomic mass is 10.00. The summed E-state index contributed by atoms with van der Waals surface area (Å²) < 4.78 is 19.5. The fourth-order valence-electron chi connectivity index (χ4n) is 7.82. The number of ether oxygens (including phenoxy) is 1. The third kappa shape index (κ3) is 9.96. The maximum atomic E-state index is 15.1. The molecule has 3 heterocycles. The number of aromatic nitrogens is 1. The van der Waals surface area contributed by atoms with Gasteiger partial charge in [0.25, 0.3) is 11.8 Å². The second-order valence-electron chi connectivity index (χ2n) is 16.5. The van der Waals surface area contributed by atoms with Crippen LogP contribution in [0.4, 0.5) is 10.1 Å². The highest BCUT2D eigenvalue weighted by molar-refractivity contribution is 7.99. The average Bonchev–Trinajstić information content (AvgIpc) is 3.58. The smallest absolute Gasteiger partial charge is 0.258 e. The first-order chi connectivity index (χ1) is 28.7. The van der Waals surface area contributed by atoms with Crippen LogP contribution in [0.1, 0.15) is 72.3 Å².